The molecule has 1 fully saturated rings. The number of amides is 1. The second-order valence-electron chi connectivity index (χ2n) is 3.47. The first-order valence-electron chi connectivity index (χ1n) is 5.17. The van der Waals surface area contributed by atoms with Crippen LogP contribution in [0.2, 0.25) is 0 Å². The molecule has 1 saturated heterocycles. The van der Waals surface area contributed by atoms with Crippen molar-refractivity contribution in [1.82, 2.24) is 5.32 Å². The van der Waals surface area contributed by atoms with Gasteiger partial charge in [-0.15, -0.1) is 5.10 Å². The Morgan fingerprint density at radius 3 is 3.00 bits per heavy atom. The van der Waals surface area contributed by atoms with Crippen LogP contribution in [-0.2, 0) is 4.79 Å². The molecule has 100 valence electrons. The molecular weight excluding hydrogens is 337 g/mol. The van der Waals surface area contributed by atoms with Gasteiger partial charge in [-0.1, -0.05) is 11.8 Å². The van der Waals surface area contributed by atoms with E-state index in [-0.39, 0.29) is 10.4 Å². The lowest BCUT2D eigenvalue weighted by Gasteiger charge is -2.06. The van der Waals surface area contributed by atoms with Crippen LogP contribution in [0.1, 0.15) is 5.56 Å². The average molecular weight is 346 g/mol. The second-order valence-corrected chi connectivity index (χ2v) is 5.23. The van der Waals surface area contributed by atoms with Crippen LogP contribution >= 0.6 is 27.7 Å². The molecule has 0 spiro atoms. The van der Waals surface area contributed by atoms with Crippen molar-refractivity contribution < 1.29 is 13.9 Å². The molecule has 5 nitrogen and oxygen atoms in total. The highest BCUT2D eigenvalue weighted by atomic mass is 79.9. The van der Waals surface area contributed by atoms with E-state index in [0.717, 1.165) is 0 Å². The summed E-state index contributed by atoms with van der Waals surface area (Å²) in [5.41, 5.74) is 0.578. The number of benzene rings is 1. The van der Waals surface area contributed by atoms with Gasteiger partial charge < -0.3 is 10.1 Å². The highest BCUT2D eigenvalue weighted by Gasteiger charge is 2.16. The number of methoxy groups -OCH3 is 1. The first-order chi connectivity index (χ1) is 9.11. The molecule has 1 aromatic rings. The van der Waals surface area contributed by atoms with Gasteiger partial charge in [-0.05, 0) is 28.1 Å². The molecule has 8 heteroatoms. The van der Waals surface area contributed by atoms with Gasteiger partial charge in [0.15, 0.2) is 5.17 Å². The van der Waals surface area contributed by atoms with Crippen LogP contribution in [0.15, 0.2) is 26.8 Å². The van der Waals surface area contributed by atoms with Gasteiger partial charge >= 0.3 is 0 Å². The van der Waals surface area contributed by atoms with Crippen LogP contribution in [0.4, 0.5) is 4.39 Å². The molecule has 1 aliphatic heterocycles. The fraction of sp³-hybridized carbons (Fsp3) is 0.182. The predicted molar refractivity (Wildman–Crippen MR) is 76.3 cm³/mol. The fourth-order valence-electron chi connectivity index (χ4n) is 1.38. The summed E-state index contributed by atoms with van der Waals surface area (Å²) in [5, 5.41) is 10.7. The van der Waals surface area contributed by atoms with Gasteiger partial charge in [0.1, 0.15) is 11.6 Å². The summed E-state index contributed by atoms with van der Waals surface area (Å²) in [6, 6.07) is 2.83. The topological polar surface area (TPSA) is 63.1 Å². The zero-order valence-electron chi connectivity index (χ0n) is 9.81. The minimum absolute atomic E-state index is 0.0962. The zero-order chi connectivity index (χ0) is 13.8. The third-order valence-electron chi connectivity index (χ3n) is 2.22. The normalized spacial score (nSPS) is 17.2. The van der Waals surface area contributed by atoms with Crippen LogP contribution in [0.25, 0.3) is 0 Å². The predicted octanol–water partition coefficient (Wildman–Crippen LogP) is 2.15. The van der Waals surface area contributed by atoms with E-state index < -0.39 is 5.82 Å². The molecule has 0 bridgehead atoms. The van der Waals surface area contributed by atoms with Crippen molar-refractivity contribution in [1.29, 1.82) is 0 Å². The van der Waals surface area contributed by atoms with Gasteiger partial charge in [-0.2, -0.15) is 5.10 Å². The number of carbonyl (C=O) groups excluding carboxylic acids is 1. The summed E-state index contributed by atoms with van der Waals surface area (Å²) in [6.07, 6.45) is 1.43. The average Bonchev–Trinajstić information content (AvgIpc) is 2.80. The number of thioether (sulfide) groups is 1. The molecule has 0 atom stereocenters. The SMILES string of the molecule is COc1c(C=NN=C2NC(=O)CS2)ccc(F)c1Br. The Labute approximate surface area is 121 Å². The van der Waals surface area contributed by atoms with E-state index in [1.165, 1.54) is 37.2 Å². The standard InChI is InChI=1S/C11H9BrFN3O2S/c1-18-10-6(2-3-7(13)9(10)12)4-14-16-11-15-8(17)5-19-11/h2-4H,5H2,1H3,(H,15,16,17). The number of nitrogens with zero attached hydrogens (tertiary/aromatic N) is 2. The van der Waals surface area contributed by atoms with Gasteiger partial charge in [0.05, 0.1) is 23.5 Å². The molecule has 0 saturated carbocycles. The Hall–Kier alpha value is -1.41. The molecule has 1 N–H and O–H groups in total. The Morgan fingerprint density at radius 1 is 1.58 bits per heavy atom. The Morgan fingerprint density at radius 2 is 2.37 bits per heavy atom. The van der Waals surface area contributed by atoms with Crippen LogP contribution in [0.5, 0.6) is 5.75 Å². The number of nitrogens with one attached hydrogen (secondary N) is 1. The highest BCUT2D eigenvalue weighted by molar-refractivity contribution is 9.10. The van der Waals surface area contributed by atoms with E-state index in [1.54, 1.807) is 0 Å². The van der Waals surface area contributed by atoms with Crippen LogP contribution < -0.4 is 10.1 Å². The minimum Gasteiger partial charge on any atom is -0.495 e. The summed E-state index contributed by atoms with van der Waals surface area (Å²) in [5.74, 6) is 0.173. The van der Waals surface area contributed by atoms with Crippen LogP contribution in [-0.4, -0.2) is 30.2 Å². The molecule has 1 aliphatic rings. The van der Waals surface area contributed by atoms with Gasteiger partial charge in [-0.3, -0.25) is 4.79 Å². The Balaban J connectivity index is 2.19. The molecule has 0 aromatic heterocycles. The smallest absolute Gasteiger partial charge is 0.236 e. The third kappa shape index (κ3) is 3.32. The van der Waals surface area contributed by atoms with E-state index in [9.17, 15) is 9.18 Å². The maximum absolute atomic E-state index is 13.3. The molecule has 1 aromatic carbocycles. The second kappa shape index (κ2) is 6.16. The van der Waals surface area contributed by atoms with Crippen molar-refractivity contribution in [3.63, 3.8) is 0 Å². The number of carbonyl (C=O) groups is 1. The van der Waals surface area contributed by atoms with Gasteiger partial charge in [0.2, 0.25) is 5.91 Å². The Kier molecular flexibility index (Phi) is 4.54. The molecule has 2 rings (SSSR count). The van der Waals surface area contributed by atoms with Crippen LogP contribution in [0.3, 0.4) is 0 Å². The van der Waals surface area contributed by atoms with Crippen molar-refractivity contribution in [3.8, 4) is 5.75 Å². The lowest BCUT2D eigenvalue weighted by molar-refractivity contribution is -0.116. The quantitative estimate of drug-likeness (QED) is 0.674. The molecule has 0 aliphatic carbocycles. The van der Waals surface area contributed by atoms with Crippen molar-refractivity contribution in [2.75, 3.05) is 12.9 Å². The summed E-state index contributed by atoms with van der Waals surface area (Å²) in [7, 11) is 1.44. The molecule has 1 heterocycles. The fourth-order valence-corrected chi connectivity index (χ4v) is 2.53. The third-order valence-corrected chi connectivity index (χ3v) is 3.82. The van der Waals surface area contributed by atoms with E-state index in [2.05, 4.69) is 31.4 Å². The van der Waals surface area contributed by atoms with Crippen molar-refractivity contribution >= 4 is 45.0 Å². The van der Waals surface area contributed by atoms with Gasteiger partial charge in [0.25, 0.3) is 0 Å². The first-order valence-corrected chi connectivity index (χ1v) is 6.95. The van der Waals surface area contributed by atoms with E-state index in [1.807, 2.05) is 0 Å². The van der Waals surface area contributed by atoms with E-state index >= 15 is 0 Å². The van der Waals surface area contributed by atoms with Gasteiger partial charge in [-0.25, -0.2) is 4.39 Å². The van der Waals surface area contributed by atoms with Crippen molar-refractivity contribution in [3.05, 3.63) is 28.0 Å². The van der Waals surface area contributed by atoms with E-state index in [4.69, 9.17) is 4.74 Å². The number of rotatable bonds is 3. The number of ether oxygens (including phenoxy) is 1. The zero-order valence-corrected chi connectivity index (χ0v) is 12.2. The Bertz CT molecular complexity index is 577. The van der Waals surface area contributed by atoms with E-state index in [0.29, 0.717) is 22.2 Å². The van der Waals surface area contributed by atoms with Crippen molar-refractivity contribution in [2.24, 2.45) is 10.2 Å². The number of hydrogen-bond donors (Lipinski definition) is 1. The lowest BCUT2D eigenvalue weighted by Crippen LogP contribution is -2.19. The summed E-state index contributed by atoms with van der Waals surface area (Å²) < 4.78 is 18.6. The minimum atomic E-state index is -0.418. The number of amidine groups is 1. The maximum Gasteiger partial charge on any atom is 0.236 e. The molecular formula is C11H9BrFN3O2S. The van der Waals surface area contributed by atoms with Crippen molar-refractivity contribution in [2.45, 2.75) is 0 Å². The number of halogens is 2. The molecule has 1 amide bonds. The largest absolute Gasteiger partial charge is 0.495 e. The molecule has 0 radical (unpaired) electrons. The molecule has 0 unspecified atom stereocenters. The molecule has 19 heavy (non-hydrogen) atoms. The highest BCUT2D eigenvalue weighted by Crippen LogP contribution is 2.30. The first kappa shape index (κ1) is 14.0. The maximum atomic E-state index is 13.3. The lowest BCUT2D eigenvalue weighted by atomic mass is 10.2. The summed E-state index contributed by atoms with van der Waals surface area (Å²) in [6.45, 7) is 0. The van der Waals surface area contributed by atoms with Gasteiger partial charge in [0, 0.05) is 5.56 Å². The monoisotopic (exact) mass is 345 g/mol. The summed E-state index contributed by atoms with van der Waals surface area (Å²) in [4.78, 5) is 10.9. The number of hydrogen-bond acceptors (Lipinski definition) is 5. The van der Waals surface area contributed by atoms with Crippen LogP contribution in [0, 0.1) is 5.82 Å². The summed E-state index contributed by atoms with van der Waals surface area (Å²) >= 11 is 4.37.